The third kappa shape index (κ3) is 35.0. The van der Waals surface area contributed by atoms with Gasteiger partial charge in [-0.2, -0.15) is 0 Å². The number of ether oxygens (including phenoxy) is 4. The number of benzene rings is 4. The number of primary amides is 1. The van der Waals surface area contributed by atoms with Crippen LogP contribution in [0, 0.1) is 29.1 Å². The summed E-state index contributed by atoms with van der Waals surface area (Å²) in [6.07, 6.45) is -12.9. The van der Waals surface area contributed by atoms with E-state index in [0.29, 0.717) is 16.7 Å². The van der Waals surface area contributed by atoms with Crippen molar-refractivity contribution in [3.05, 3.63) is 144 Å². The van der Waals surface area contributed by atoms with Crippen LogP contribution in [0.5, 0.6) is 0 Å². The SMILES string of the molecule is CC[C@H](C)C1NC(=O)[C@@H](CCCNC(=N)N)NC(=O)[C@H](CC(C)C)NC(=O)[C@H]([C@H](O)C(C)C)NC(=O)[C@@H](NC(=O)[C@H](CC(C)C)NC(=O)[C@@H](CCCN/C(=N/C(=O)OCc2ccccc2)NC(=O)OCc2ccccc2)NC(=O)OCc2ccccc2)[C@@H](c2ccccc2)OC(=O)[C@H](CO)NC(=O)[C@H]([C@H](O)C(N)=O)NC(=O)CNC(=O)C([C@H](C)O)NC1=O. The topological polar surface area (TPSA) is 631 Å². The van der Waals surface area contributed by atoms with E-state index in [0.717, 1.165) is 6.92 Å². The van der Waals surface area contributed by atoms with Crippen LogP contribution < -0.4 is 85.9 Å². The van der Waals surface area contributed by atoms with Crippen molar-refractivity contribution in [2.24, 2.45) is 40.1 Å². The highest BCUT2D eigenvalue weighted by Gasteiger charge is 2.44. The molecular weight excluding hydrogens is 1610 g/mol. The van der Waals surface area contributed by atoms with Crippen LogP contribution in [0.2, 0.25) is 0 Å². The summed E-state index contributed by atoms with van der Waals surface area (Å²) in [5.41, 5.74) is 12.6. The number of guanidine groups is 2. The Morgan fingerprint density at radius 1 is 0.553 bits per heavy atom. The molecule has 5 rings (SSSR count). The standard InChI is InChI=1S/C82H116N18O23/c1-10-47(8)59-73(112)96-60(48(9)102)72(111)88-39-58(103)94-62(65(105)67(83)106)75(114)92-57(40-101)77(116)123-66(52-31-21-14-22-32-52)63(76(115)97-61(64(104)46(6)7)74(113)91-55(37-44(2)3)70(109)89-53(69(108)95-59)33-23-35-86-78(84)85)98-71(110)56(38-45(4)5)90-68(107)54(93-80(117)120-41-49-25-15-11-16-26-49)34-24-36-87-79(99-81(118)121-42-50-27-17-12-18-28-50)100-82(119)122-43-51-29-19-13-20-30-51/h11-22,25-32,44-48,53-57,59-66,101-102,104-105H,10,23-24,33-43H2,1-9H3,(H2,83,106)(H,88,111)(H,89,109)(H,90,107)(H,91,113)(H,92,114)(H,93,117)(H,94,103)(H,95,108)(H,96,112)(H,97,115)(H,98,110)(H4,84,85,86)(H2,87,99,100,118,119)/t47-,48-,53+,54+,55-,56-,57-,59?,60?,61-,62-,63-,64+,65-,66+/m0/s1. The van der Waals surface area contributed by atoms with Gasteiger partial charge in [-0.3, -0.25) is 63.5 Å². The minimum atomic E-state index is -2.65. The average molecular weight is 1720 g/mol. The Morgan fingerprint density at radius 3 is 1.60 bits per heavy atom. The number of hydrogen-bond donors (Lipinski definition) is 21. The van der Waals surface area contributed by atoms with Crippen LogP contribution in [0.25, 0.3) is 0 Å². The van der Waals surface area contributed by atoms with Crippen molar-refractivity contribution in [3.8, 4) is 0 Å². The van der Waals surface area contributed by atoms with Crippen molar-refractivity contribution < 1.29 is 111 Å². The molecule has 1 heterocycles. The first-order valence-electron chi connectivity index (χ1n) is 40.2. The molecule has 1 aliphatic heterocycles. The number of esters is 1. The highest BCUT2D eigenvalue weighted by Crippen LogP contribution is 2.25. The van der Waals surface area contributed by atoms with Gasteiger partial charge < -0.3 is 120 Å². The predicted molar refractivity (Wildman–Crippen MR) is 443 cm³/mol. The average Bonchev–Trinajstić information content (AvgIpc) is 0.808. The molecule has 14 amide bonds. The summed E-state index contributed by atoms with van der Waals surface area (Å²) >= 11 is 0. The van der Waals surface area contributed by atoms with Crippen molar-refractivity contribution in [2.75, 3.05) is 26.2 Å². The molecule has 41 nitrogen and oxygen atoms in total. The summed E-state index contributed by atoms with van der Waals surface area (Å²) in [4.78, 5) is 219. The van der Waals surface area contributed by atoms with Gasteiger partial charge >= 0.3 is 24.2 Å². The molecule has 1 aliphatic rings. The third-order valence-electron chi connectivity index (χ3n) is 19.1. The summed E-state index contributed by atoms with van der Waals surface area (Å²) in [5, 5.41) is 86.9. The van der Waals surface area contributed by atoms with Crippen LogP contribution in [0.4, 0.5) is 14.4 Å². The smallest absolute Gasteiger partial charge is 0.437 e. The molecule has 123 heavy (non-hydrogen) atoms. The van der Waals surface area contributed by atoms with E-state index < -0.39 is 223 Å². The van der Waals surface area contributed by atoms with E-state index in [4.69, 9.17) is 35.8 Å². The van der Waals surface area contributed by atoms with Gasteiger partial charge in [0.15, 0.2) is 24.2 Å². The predicted octanol–water partition coefficient (Wildman–Crippen LogP) is -1.31. The summed E-state index contributed by atoms with van der Waals surface area (Å²) in [6, 6.07) is 12.9. The molecule has 4 aromatic carbocycles. The van der Waals surface area contributed by atoms with Crippen LogP contribution in [-0.4, -0.2) is 227 Å². The lowest BCUT2D eigenvalue weighted by Crippen LogP contribution is -2.64. The molecule has 23 N–H and O–H groups in total. The van der Waals surface area contributed by atoms with Crippen molar-refractivity contribution >= 4 is 101 Å². The fraction of sp³-hybridized carbons (Fsp3) is 0.500. The summed E-state index contributed by atoms with van der Waals surface area (Å²) < 4.78 is 22.3. The highest BCUT2D eigenvalue weighted by molar-refractivity contribution is 6.01. The summed E-state index contributed by atoms with van der Waals surface area (Å²) in [6.45, 7) is 10.3. The maximum Gasteiger partial charge on any atom is 0.437 e. The Labute approximate surface area is 711 Å². The van der Waals surface area contributed by atoms with Crippen LogP contribution in [0.3, 0.4) is 0 Å². The zero-order chi connectivity index (χ0) is 91.0. The van der Waals surface area contributed by atoms with E-state index in [1.807, 2.05) is 10.6 Å². The maximum atomic E-state index is 15.9. The molecule has 1 saturated heterocycles. The highest BCUT2D eigenvalue weighted by atomic mass is 16.6. The largest absolute Gasteiger partial charge is 0.453 e. The van der Waals surface area contributed by atoms with Crippen molar-refractivity contribution in [3.63, 3.8) is 0 Å². The molecule has 672 valence electrons. The Hall–Kier alpha value is -12.9. The fourth-order valence-corrected chi connectivity index (χ4v) is 12.2. The first-order valence-corrected chi connectivity index (χ1v) is 40.2. The molecule has 4 aromatic rings. The van der Waals surface area contributed by atoms with Crippen molar-refractivity contribution in [1.82, 2.24) is 74.4 Å². The Kier molecular flexibility index (Phi) is 42.3. The summed E-state index contributed by atoms with van der Waals surface area (Å²) in [5.74, 6) is -19.4. The van der Waals surface area contributed by atoms with E-state index in [-0.39, 0.29) is 83.4 Å². The van der Waals surface area contributed by atoms with Gasteiger partial charge in [0.1, 0.15) is 74.2 Å². The maximum absolute atomic E-state index is 15.9. The Morgan fingerprint density at radius 2 is 1.07 bits per heavy atom. The lowest BCUT2D eigenvalue weighted by Gasteiger charge is -2.34. The Balaban J connectivity index is 1.66. The molecule has 2 unspecified atom stereocenters. The zero-order valence-electron chi connectivity index (χ0n) is 70.0. The van der Waals surface area contributed by atoms with Crippen LogP contribution >= 0.6 is 0 Å². The first-order chi connectivity index (χ1) is 58.4. The van der Waals surface area contributed by atoms with E-state index in [2.05, 4.69) is 68.8 Å². The molecule has 0 aromatic heterocycles. The molecule has 0 bridgehead atoms. The number of amides is 14. The number of nitrogens with zero attached hydrogens (tertiary/aromatic N) is 1. The molecule has 0 saturated carbocycles. The number of nitrogens with two attached hydrogens (primary N) is 2. The second-order valence-electron chi connectivity index (χ2n) is 30.4. The minimum absolute atomic E-state index is 0.0109. The first kappa shape index (κ1) is 101. The fourth-order valence-electron chi connectivity index (χ4n) is 12.2. The number of aliphatic hydroxyl groups excluding tert-OH is 4. The van der Waals surface area contributed by atoms with E-state index in [1.54, 1.807) is 133 Å². The molecular formula is C82H116N18O23. The minimum Gasteiger partial charge on any atom is -0.453 e. The van der Waals surface area contributed by atoms with Gasteiger partial charge in [0, 0.05) is 13.1 Å². The number of aliphatic imine (C=N–C) groups is 1. The van der Waals surface area contributed by atoms with Crippen LogP contribution in [-0.2, 0) is 96.3 Å². The number of alkyl carbamates (subject to hydrolysis) is 2. The van der Waals surface area contributed by atoms with Gasteiger partial charge in [0.2, 0.25) is 70.9 Å². The molecule has 0 radical (unpaired) electrons. The van der Waals surface area contributed by atoms with Crippen LogP contribution in [0.15, 0.2) is 126 Å². The molecule has 0 spiro atoms. The number of carbonyl (C=O) groups is 15. The monoisotopic (exact) mass is 1720 g/mol. The van der Waals surface area contributed by atoms with E-state index in [9.17, 15) is 73.2 Å². The zero-order valence-corrected chi connectivity index (χ0v) is 70.0. The van der Waals surface area contributed by atoms with Crippen LogP contribution in [0.1, 0.15) is 136 Å². The third-order valence-corrected chi connectivity index (χ3v) is 19.1. The second kappa shape index (κ2) is 51.7. The number of carbonyl (C=O) groups excluding carboxylic acids is 15. The summed E-state index contributed by atoms with van der Waals surface area (Å²) in [7, 11) is 0. The number of aliphatic hydroxyl groups is 4. The van der Waals surface area contributed by atoms with E-state index >= 15 is 19.2 Å². The van der Waals surface area contributed by atoms with Gasteiger partial charge in [0.05, 0.1) is 25.4 Å². The molecule has 1 fully saturated rings. The quantitative estimate of drug-likeness (QED) is 0.00887. The lowest BCUT2D eigenvalue weighted by molar-refractivity contribution is -0.159. The van der Waals surface area contributed by atoms with E-state index in [1.165, 1.54) is 44.2 Å². The Bertz CT molecular complexity index is 4230. The van der Waals surface area contributed by atoms with Gasteiger partial charge in [-0.15, -0.1) is 4.99 Å². The molecule has 41 heteroatoms. The normalized spacial score (nSPS) is 21.0. The molecule has 15 atom stereocenters. The van der Waals surface area contributed by atoms with Gasteiger partial charge in [0.25, 0.3) is 0 Å². The molecule has 0 aliphatic carbocycles. The van der Waals surface area contributed by atoms with Crippen molar-refractivity contribution in [1.29, 1.82) is 5.41 Å². The van der Waals surface area contributed by atoms with Gasteiger partial charge in [-0.25, -0.2) is 19.2 Å². The number of hydrogen-bond acceptors (Lipinski definition) is 24. The number of cyclic esters (lactones) is 1. The van der Waals surface area contributed by atoms with Gasteiger partial charge in [-0.05, 0) is 91.4 Å². The van der Waals surface area contributed by atoms with Gasteiger partial charge in [-0.1, -0.05) is 183 Å². The van der Waals surface area contributed by atoms with Crippen molar-refractivity contribution in [2.45, 2.75) is 212 Å². The lowest BCUT2D eigenvalue weighted by atomic mass is 9.95. The number of rotatable bonds is 32. The second-order valence-corrected chi connectivity index (χ2v) is 30.4. The number of nitrogens with one attached hydrogen (secondary N) is 15.